The number of H-pyrrole nitrogens is 1. The molecular formula is C20H20N4O6. The van der Waals surface area contributed by atoms with Crippen LogP contribution in [0.5, 0.6) is 0 Å². The fourth-order valence-electron chi connectivity index (χ4n) is 4.16. The van der Waals surface area contributed by atoms with Gasteiger partial charge in [-0.15, -0.1) is 0 Å². The monoisotopic (exact) mass is 412 g/mol. The summed E-state index contributed by atoms with van der Waals surface area (Å²) in [6, 6.07) is 5.61. The van der Waals surface area contributed by atoms with E-state index in [4.69, 9.17) is 4.74 Å². The first-order valence-electron chi connectivity index (χ1n) is 9.65. The van der Waals surface area contributed by atoms with Gasteiger partial charge in [0.05, 0.1) is 23.1 Å². The number of methoxy groups -OCH3 is 1. The van der Waals surface area contributed by atoms with Crippen molar-refractivity contribution in [3.63, 3.8) is 0 Å². The van der Waals surface area contributed by atoms with Crippen LogP contribution < -0.4 is 11.1 Å². The van der Waals surface area contributed by atoms with Crippen molar-refractivity contribution in [2.45, 2.75) is 38.1 Å². The predicted molar refractivity (Wildman–Crippen MR) is 108 cm³/mol. The summed E-state index contributed by atoms with van der Waals surface area (Å²) in [5, 5.41) is 11.8. The van der Waals surface area contributed by atoms with Gasteiger partial charge in [0.1, 0.15) is 11.4 Å². The second-order valence-electron chi connectivity index (χ2n) is 7.29. The minimum Gasteiger partial charge on any atom is -0.464 e. The molecule has 0 atom stereocenters. The maximum Gasteiger partial charge on any atom is 0.355 e. The lowest BCUT2D eigenvalue weighted by Gasteiger charge is -2.25. The molecule has 0 spiro atoms. The quantitative estimate of drug-likeness (QED) is 0.304. The summed E-state index contributed by atoms with van der Waals surface area (Å²) in [6.07, 6.45) is 5.96. The lowest BCUT2D eigenvalue weighted by Crippen LogP contribution is -2.39. The van der Waals surface area contributed by atoms with Crippen molar-refractivity contribution in [1.82, 2.24) is 14.1 Å². The molecule has 1 saturated carbocycles. The molecule has 1 N–H and O–H groups in total. The van der Waals surface area contributed by atoms with E-state index >= 15 is 0 Å². The molecule has 156 valence electrons. The molecule has 0 aliphatic heterocycles. The molecule has 10 nitrogen and oxygen atoms in total. The first-order valence-corrected chi connectivity index (χ1v) is 9.65. The Morgan fingerprint density at radius 2 is 1.97 bits per heavy atom. The van der Waals surface area contributed by atoms with E-state index in [1.165, 1.54) is 40.6 Å². The Balaban J connectivity index is 2.05. The number of hydrogen-bond acceptors (Lipinski definition) is 6. The maximum absolute atomic E-state index is 12.7. The molecule has 0 saturated heterocycles. The van der Waals surface area contributed by atoms with Gasteiger partial charge < -0.3 is 14.3 Å². The Bertz CT molecular complexity index is 1260. The van der Waals surface area contributed by atoms with Crippen molar-refractivity contribution in [2.75, 3.05) is 7.11 Å². The van der Waals surface area contributed by atoms with E-state index in [9.17, 15) is 24.5 Å². The Kier molecular flexibility index (Phi) is 4.98. The highest BCUT2D eigenvalue weighted by atomic mass is 16.6. The highest BCUT2D eigenvalue weighted by molar-refractivity contribution is 5.90. The molecule has 0 bridgehead atoms. The van der Waals surface area contributed by atoms with Crippen LogP contribution >= 0.6 is 0 Å². The van der Waals surface area contributed by atoms with Crippen molar-refractivity contribution >= 4 is 22.7 Å². The van der Waals surface area contributed by atoms with Gasteiger partial charge in [-0.25, -0.2) is 4.79 Å². The zero-order chi connectivity index (χ0) is 21.4. The van der Waals surface area contributed by atoms with Gasteiger partial charge in [-0.05, 0) is 31.0 Å². The number of aromatic nitrogens is 3. The number of nitrogens with zero attached hydrogens (tertiary/aromatic N) is 3. The Morgan fingerprint density at radius 1 is 1.23 bits per heavy atom. The summed E-state index contributed by atoms with van der Waals surface area (Å²) < 4.78 is 7.56. The highest BCUT2D eigenvalue weighted by Gasteiger charge is 2.25. The number of nitro groups is 1. The van der Waals surface area contributed by atoms with Crippen molar-refractivity contribution in [3.8, 4) is 5.69 Å². The number of carbonyl (C=O) groups is 1. The van der Waals surface area contributed by atoms with Gasteiger partial charge in [0, 0.05) is 18.3 Å². The van der Waals surface area contributed by atoms with Crippen molar-refractivity contribution in [3.05, 3.63) is 67.0 Å². The molecular weight excluding hydrogens is 392 g/mol. The van der Waals surface area contributed by atoms with Gasteiger partial charge in [-0.1, -0.05) is 19.3 Å². The fourth-order valence-corrected chi connectivity index (χ4v) is 4.16. The molecule has 30 heavy (non-hydrogen) atoms. The molecule has 2 aromatic heterocycles. The predicted octanol–water partition coefficient (Wildman–Crippen LogP) is 2.68. The van der Waals surface area contributed by atoms with Crippen LogP contribution in [0.25, 0.3) is 16.7 Å². The maximum atomic E-state index is 12.7. The van der Waals surface area contributed by atoms with Crippen LogP contribution in [0.1, 0.15) is 48.6 Å². The average Bonchev–Trinajstić information content (AvgIpc) is 3.23. The Labute approximate surface area is 169 Å². The summed E-state index contributed by atoms with van der Waals surface area (Å²) in [6.45, 7) is 0. The number of rotatable bonds is 4. The third kappa shape index (κ3) is 3.19. The second-order valence-corrected chi connectivity index (χ2v) is 7.29. The SMILES string of the molecule is COC(=O)c1cccn1-c1cc2c(cc1[N+](=O)[O-])[nH]c(=O)c(=O)n2C1CCCCC1. The average molecular weight is 412 g/mol. The minimum absolute atomic E-state index is 0.105. The van der Waals surface area contributed by atoms with Crippen LogP contribution in [0.3, 0.4) is 0 Å². The van der Waals surface area contributed by atoms with E-state index in [0.717, 1.165) is 32.1 Å². The van der Waals surface area contributed by atoms with Crippen molar-refractivity contribution < 1.29 is 14.5 Å². The van der Waals surface area contributed by atoms with Crippen LogP contribution in [-0.2, 0) is 4.74 Å². The first kappa shape index (κ1) is 19.6. The molecule has 10 heteroatoms. The molecule has 0 amide bonds. The number of nitrogens with one attached hydrogen (secondary N) is 1. The van der Waals surface area contributed by atoms with Gasteiger partial charge in [0.2, 0.25) is 0 Å². The summed E-state index contributed by atoms with van der Waals surface area (Å²) in [7, 11) is 1.22. The number of aromatic amines is 1. The van der Waals surface area contributed by atoms with Gasteiger partial charge in [-0.3, -0.25) is 24.3 Å². The van der Waals surface area contributed by atoms with Gasteiger partial charge in [0.25, 0.3) is 5.69 Å². The number of hydrogen-bond donors (Lipinski definition) is 1. The Hall–Kier alpha value is -3.69. The molecule has 1 aliphatic rings. The molecule has 2 heterocycles. The van der Waals surface area contributed by atoms with E-state index in [-0.39, 0.29) is 28.6 Å². The number of ether oxygens (including phenoxy) is 1. The third-order valence-corrected chi connectivity index (χ3v) is 5.55. The second kappa shape index (κ2) is 7.62. The topological polar surface area (TPSA) is 129 Å². The van der Waals surface area contributed by atoms with Gasteiger partial charge in [0.15, 0.2) is 0 Å². The zero-order valence-corrected chi connectivity index (χ0v) is 16.3. The number of esters is 1. The molecule has 0 radical (unpaired) electrons. The number of benzene rings is 1. The molecule has 3 aromatic rings. The minimum atomic E-state index is -0.814. The summed E-state index contributed by atoms with van der Waals surface area (Å²) in [4.78, 5) is 50.7. The van der Waals surface area contributed by atoms with E-state index in [2.05, 4.69) is 4.98 Å². The van der Waals surface area contributed by atoms with E-state index in [1.54, 1.807) is 6.07 Å². The van der Waals surface area contributed by atoms with Crippen molar-refractivity contribution in [1.29, 1.82) is 0 Å². The number of nitro benzene ring substituents is 1. The van der Waals surface area contributed by atoms with Crippen LogP contribution in [0.4, 0.5) is 5.69 Å². The highest BCUT2D eigenvalue weighted by Crippen LogP contribution is 2.33. The van der Waals surface area contributed by atoms with E-state index < -0.39 is 22.0 Å². The summed E-state index contributed by atoms with van der Waals surface area (Å²) in [5.74, 6) is -0.652. The smallest absolute Gasteiger partial charge is 0.355 e. The fraction of sp³-hybridized carbons (Fsp3) is 0.350. The normalized spacial score (nSPS) is 14.7. The zero-order valence-electron chi connectivity index (χ0n) is 16.3. The number of fused-ring (bicyclic) bond motifs is 1. The summed E-state index contributed by atoms with van der Waals surface area (Å²) in [5.41, 5.74) is -1.01. The van der Waals surface area contributed by atoms with Crippen LogP contribution in [-0.4, -0.2) is 32.1 Å². The molecule has 4 rings (SSSR count). The van der Waals surface area contributed by atoms with E-state index in [0.29, 0.717) is 5.52 Å². The molecule has 0 unspecified atom stereocenters. The largest absolute Gasteiger partial charge is 0.464 e. The molecule has 1 aliphatic carbocycles. The van der Waals surface area contributed by atoms with Crippen molar-refractivity contribution in [2.24, 2.45) is 0 Å². The van der Waals surface area contributed by atoms with Gasteiger partial charge >= 0.3 is 17.1 Å². The lowest BCUT2D eigenvalue weighted by molar-refractivity contribution is -0.384. The molecule has 1 fully saturated rings. The van der Waals surface area contributed by atoms with Crippen LogP contribution in [0, 0.1) is 10.1 Å². The first-order chi connectivity index (χ1) is 14.4. The summed E-state index contributed by atoms with van der Waals surface area (Å²) >= 11 is 0. The van der Waals surface area contributed by atoms with Gasteiger partial charge in [-0.2, -0.15) is 0 Å². The lowest BCUT2D eigenvalue weighted by atomic mass is 9.95. The van der Waals surface area contributed by atoms with E-state index in [1.807, 2.05) is 0 Å². The molecule has 1 aromatic carbocycles. The Morgan fingerprint density at radius 3 is 2.63 bits per heavy atom. The standard InChI is InChI=1S/C20H20N4O6/c1-30-20(27)14-8-5-9-22(14)16-11-15-13(10-17(16)24(28)29)21-18(25)19(26)23(15)12-6-3-2-4-7-12/h5,8-12H,2-4,6-7H2,1H3,(H,21,25). The van der Waals surface area contributed by atoms with Crippen LogP contribution in [0.2, 0.25) is 0 Å². The third-order valence-electron chi connectivity index (χ3n) is 5.55. The van der Waals surface area contributed by atoms with Crippen LogP contribution in [0.15, 0.2) is 40.1 Å². The number of carbonyl (C=O) groups excluding carboxylic acids is 1.